The van der Waals surface area contributed by atoms with Gasteiger partial charge in [-0.1, -0.05) is 42.5 Å². The predicted octanol–water partition coefficient (Wildman–Crippen LogP) is 3.15. The lowest BCUT2D eigenvalue weighted by Crippen LogP contribution is -2.48. The maximum Gasteiger partial charge on any atom is 0.191 e. The van der Waals surface area contributed by atoms with Gasteiger partial charge in [0.15, 0.2) is 5.96 Å². The normalized spacial score (nSPS) is 16.4. The predicted molar refractivity (Wildman–Crippen MR) is 114 cm³/mol. The third-order valence-corrected chi connectivity index (χ3v) is 5.52. The van der Waals surface area contributed by atoms with Crippen molar-refractivity contribution in [3.05, 3.63) is 65.7 Å². The van der Waals surface area contributed by atoms with Crippen LogP contribution < -0.4 is 15.4 Å². The molecular weight excluding hydrogens is 350 g/mol. The summed E-state index contributed by atoms with van der Waals surface area (Å²) in [5, 5.41) is 6.98. The van der Waals surface area contributed by atoms with Gasteiger partial charge in [0, 0.05) is 38.8 Å². The molecule has 0 bridgehead atoms. The first-order valence-corrected chi connectivity index (χ1v) is 9.96. The zero-order valence-corrected chi connectivity index (χ0v) is 16.9. The number of methoxy groups -OCH3 is 1. The standard InChI is InChI=1S/C23H31N3O2/c1-24-22(25-15-12-19-6-4-3-5-7-19)26-18-23(13-16-28-17-14-23)20-8-10-21(27-2)11-9-20/h3-11H,12-18H2,1-2H3,(H2,24,25,26). The van der Waals surface area contributed by atoms with Crippen molar-refractivity contribution in [1.82, 2.24) is 10.6 Å². The van der Waals surface area contributed by atoms with E-state index in [0.29, 0.717) is 0 Å². The van der Waals surface area contributed by atoms with Gasteiger partial charge in [-0.2, -0.15) is 0 Å². The Balaban J connectivity index is 1.60. The lowest BCUT2D eigenvalue weighted by atomic mass is 9.74. The van der Waals surface area contributed by atoms with Crippen molar-refractivity contribution in [2.75, 3.05) is 40.5 Å². The smallest absolute Gasteiger partial charge is 0.191 e. The summed E-state index contributed by atoms with van der Waals surface area (Å²) in [6, 6.07) is 18.9. The molecule has 2 aromatic carbocycles. The van der Waals surface area contributed by atoms with Crippen molar-refractivity contribution in [3.8, 4) is 5.75 Å². The zero-order valence-electron chi connectivity index (χ0n) is 16.9. The maximum atomic E-state index is 5.64. The highest BCUT2D eigenvalue weighted by Gasteiger charge is 2.34. The van der Waals surface area contributed by atoms with Gasteiger partial charge in [0.25, 0.3) is 0 Å². The minimum atomic E-state index is 0.0432. The van der Waals surface area contributed by atoms with E-state index in [0.717, 1.165) is 57.3 Å². The topological polar surface area (TPSA) is 54.9 Å². The molecule has 150 valence electrons. The van der Waals surface area contributed by atoms with Gasteiger partial charge >= 0.3 is 0 Å². The minimum Gasteiger partial charge on any atom is -0.497 e. The largest absolute Gasteiger partial charge is 0.497 e. The second kappa shape index (κ2) is 10.1. The van der Waals surface area contributed by atoms with Crippen LogP contribution in [-0.4, -0.2) is 46.4 Å². The van der Waals surface area contributed by atoms with Crippen LogP contribution in [0.25, 0.3) is 0 Å². The lowest BCUT2D eigenvalue weighted by molar-refractivity contribution is 0.0513. The van der Waals surface area contributed by atoms with E-state index in [1.165, 1.54) is 11.1 Å². The van der Waals surface area contributed by atoms with E-state index >= 15 is 0 Å². The van der Waals surface area contributed by atoms with Crippen LogP contribution in [0.4, 0.5) is 0 Å². The first kappa shape index (κ1) is 20.2. The van der Waals surface area contributed by atoms with Crippen molar-refractivity contribution in [1.29, 1.82) is 0 Å². The Morgan fingerprint density at radius 3 is 2.39 bits per heavy atom. The van der Waals surface area contributed by atoms with Crippen molar-refractivity contribution >= 4 is 5.96 Å². The quantitative estimate of drug-likeness (QED) is 0.571. The lowest BCUT2D eigenvalue weighted by Gasteiger charge is -2.38. The summed E-state index contributed by atoms with van der Waals surface area (Å²) in [6.07, 6.45) is 2.96. The van der Waals surface area contributed by atoms with E-state index in [4.69, 9.17) is 9.47 Å². The van der Waals surface area contributed by atoms with E-state index in [9.17, 15) is 0 Å². The van der Waals surface area contributed by atoms with Crippen molar-refractivity contribution < 1.29 is 9.47 Å². The van der Waals surface area contributed by atoms with E-state index in [1.54, 1.807) is 7.11 Å². The molecule has 2 N–H and O–H groups in total. The van der Waals surface area contributed by atoms with Crippen LogP contribution in [0.15, 0.2) is 59.6 Å². The molecule has 1 aliphatic heterocycles. The van der Waals surface area contributed by atoms with Crippen molar-refractivity contribution in [2.24, 2.45) is 4.99 Å². The summed E-state index contributed by atoms with van der Waals surface area (Å²) in [5.74, 6) is 1.73. The molecule has 5 nitrogen and oxygen atoms in total. The van der Waals surface area contributed by atoms with E-state index in [-0.39, 0.29) is 5.41 Å². The molecule has 0 unspecified atom stereocenters. The fourth-order valence-electron chi connectivity index (χ4n) is 3.72. The number of aliphatic imine (C=N–C) groups is 1. The molecule has 1 fully saturated rings. The molecule has 5 heteroatoms. The Morgan fingerprint density at radius 1 is 1.04 bits per heavy atom. The summed E-state index contributed by atoms with van der Waals surface area (Å²) in [5.41, 5.74) is 2.69. The molecule has 0 aromatic heterocycles. The molecule has 1 heterocycles. The van der Waals surface area contributed by atoms with Gasteiger partial charge in [-0.15, -0.1) is 0 Å². The summed E-state index contributed by atoms with van der Waals surface area (Å²) in [6.45, 7) is 3.25. The van der Waals surface area contributed by atoms with Crippen LogP contribution in [0.5, 0.6) is 5.75 Å². The summed E-state index contributed by atoms with van der Waals surface area (Å²) < 4.78 is 11.0. The minimum absolute atomic E-state index is 0.0432. The second-order valence-corrected chi connectivity index (χ2v) is 7.21. The third-order valence-electron chi connectivity index (χ3n) is 5.52. The van der Waals surface area contributed by atoms with Gasteiger partial charge in [0.05, 0.1) is 7.11 Å². The SMILES string of the molecule is CN=C(NCCc1ccccc1)NCC1(c2ccc(OC)cc2)CCOCC1. The van der Waals surface area contributed by atoms with Crippen LogP contribution >= 0.6 is 0 Å². The Morgan fingerprint density at radius 2 is 1.75 bits per heavy atom. The number of nitrogens with one attached hydrogen (secondary N) is 2. The highest BCUT2D eigenvalue weighted by atomic mass is 16.5. The highest BCUT2D eigenvalue weighted by molar-refractivity contribution is 5.79. The summed E-state index contributed by atoms with van der Waals surface area (Å²) >= 11 is 0. The molecule has 0 amide bonds. The van der Waals surface area contributed by atoms with Crippen LogP contribution in [0, 0.1) is 0 Å². The number of rotatable bonds is 7. The van der Waals surface area contributed by atoms with E-state index in [2.05, 4.69) is 52.0 Å². The van der Waals surface area contributed by atoms with Crippen LogP contribution in [0.2, 0.25) is 0 Å². The molecule has 1 aliphatic rings. The Labute approximate surface area is 168 Å². The molecule has 1 saturated heterocycles. The molecule has 0 radical (unpaired) electrons. The molecule has 0 atom stereocenters. The van der Waals surface area contributed by atoms with Gasteiger partial charge in [0.2, 0.25) is 0 Å². The highest BCUT2D eigenvalue weighted by Crippen LogP contribution is 2.35. The maximum absolute atomic E-state index is 5.64. The number of ether oxygens (including phenoxy) is 2. The monoisotopic (exact) mass is 381 g/mol. The fraction of sp³-hybridized carbons (Fsp3) is 0.435. The molecule has 3 rings (SSSR count). The number of guanidine groups is 1. The first-order valence-electron chi connectivity index (χ1n) is 9.96. The van der Waals surface area contributed by atoms with Crippen molar-refractivity contribution in [3.63, 3.8) is 0 Å². The fourth-order valence-corrected chi connectivity index (χ4v) is 3.72. The van der Waals surface area contributed by atoms with Crippen molar-refractivity contribution in [2.45, 2.75) is 24.7 Å². The Hall–Kier alpha value is -2.53. The summed E-state index contributed by atoms with van der Waals surface area (Å²) in [4.78, 5) is 4.40. The molecule has 2 aromatic rings. The average molecular weight is 382 g/mol. The van der Waals surface area contributed by atoms with E-state index < -0.39 is 0 Å². The van der Waals surface area contributed by atoms with Gasteiger partial charge < -0.3 is 20.1 Å². The van der Waals surface area contributed by atoms with Gasteiger partial charge in [0.1, 0.15) is 5.75 Å². The molecule has 0 saturated carbocycles. The van der Waals surface area contributed by atoms with Crippen LogP contribution in [-0.2, 0) is 16.6 Å². The molecule has 28 heavy (non-hydrogen) atoms. The second-order valence-electron chi connectivity index (χ2n) is 7.21. The number of hydrogen-bond acceptors (Lipinski definition) is 3. The molecule has 0 spiro atoms. The zero-order chi connectivity index (χ0) is 19.7. The van der Waals surface area contributed by atoms with E-state index in [1.807, 2.05) is 25.2 Å². The molecular formula is C23H31N3O2. The first-order chi connectivity index (χ1) is 13.8. The van der Waals surface area contributed by atoms with Gasteiger partial charge in [-0.25, -0.2) is 0 Å². The third kappa shape index (κ3) is 5.26. The van der Waals surface area contributed by atoms with Gasteiger partial charge in [-0.05, 0) is 42.5 Å². The number of nitrogens with zero attached hydrogens (tertiary/aromatic N) is 1. The number of hydrogen-bond donors (Lipinski definition) is 2. The Bertz CT molecular complexity index is 738. The Kier molecular flexibility index (Phi) is 7.31. The average Bonchev–Trinajstić information content (AvgIpc) is 2.77. The summed E-state index contributed by atoms with van der Waals surface area (Å²) in [7, 11) is 3.52. The van der Waals surface area contributed by atoms with Gasteiger partial charge in [-0.3, -0.25) is 4.99 Å². The van der Waals surface area contributed by atoms with Crippen LogP contribution in [0.1, 0.15) is 24.0 Å². The van der Waals surface area contributed by atoms with Crippen LogP contribution in [0.3, 0.4) is 0 Å². The molecule has 0 aliphatic carbocycles. The number of benzene rings is 2.